The largest absolute Gasteiger partial charge is 0.319 e. The Kier molecular flexibility index (Phi) is 26.6. The molecule has 0 saturated heterocycles. The van der Waals surface area contributed by atoms with Crippen LogP contribution in [0, 0.1) is 13.5 Å². The Morgan fingerprint density at radius 3 is 1.05 bits per heavy atom. The van der Waals surface area contributed by atoms with E-state index in [1.807, 2.05) is 0 Å². The molecule has 0 N–H and O–H groups in total. The second kappa shape index (κ2) is 39.1. The maximum Gasteiger partial charge on any atom is 0.248 e. The van der Waals surface area contributed by atoms with Gasteiger partial charge in [-0.1, -0.05) is 231 Å². The molecule has 0 unspecified atom stereocenters. The monoisotopic (exact) mass is 1500 g/mol. The predicted molar refractivity (Wildman–Crippen MR) is 439 cm³/mol. The van der Waals surface area contributed by atoms with E-state index < -0.39 is 0 Å². The molecule has 8 aromatic carbocycles. The van der Waals surface area contributed by atoms with Crippen LogP contribution in [0.2, 0.25) is 0 Å². The first-order valence-corrected chi connectivity index (χ1v) is 40.0. The van der Waals surface area contributed by atoms with E-state index in [0.29, 0.717) is 0 Å². The molecule has 0 spiro atoms. The van der Waals surface area contributed by atoms with Crippen LogP contribution < -0.4 is 41.1 Å². The van der Waals surface area contributed by atoms with Crippen molar-refractivity contribution in [3.05, 3.63) is 453 Å². The summed E-state index contributed by atoms with van der Waals surface area (Å²) >= 11 is 0. The van der Waals surface area contributed by atoms with Crippen molar-refractivity contribution in [2.45, 2.75) is 145 Å². The van der Waals surface area contributed by atoms with Gasteiger partial charge in [0.05, 0.1) is 19.6 Å². The second-order valence-electron chi connectivity index (χ2n) is 29.7. The van der Waals surface area contributed by atoms with Crippen LogP contribution in [-0.4, -0.2) is 32.0 Å². The molecule has 8 heterocycles. The Labute approximate surface area is 667 Å². The predicted octanol–water partition coefficient (Wildman–Crippen LogP) is 12.5. The van der Waals surface area contributed by atoms with E-state index in [-0.39, 0.29) is 0 Å². The van der Waals surface area contributed by atoms with E-state index in [2.05, 4.69) is 475 Å². The average molecular weight is 1500 g/mol. The van der Waals surface area contributed by atoms with Crippen molar-refractivity contribution >= 4 is 0 Å². The van der Waals surface area contributed by atoms with Gasteiger partial charge in [0, 0.05) is 42.0 Å². The number of hydrogen-bond donors (Lipinski definition) is 0. The van der Waals surface area contributed by atoms with Gasteiger partial charge in [-0.15, -0.1) is 0 Å². The molecule has 16 nitrogen and oxygen atoms in total. The number of imidazole rings is 8. The smallest absolute Gasteiger partial charge is 0.248 e. The van der Waals surface area contributed by atoms with E-state index >= 15 is 0 Å². The lowest BCUT2D eigenvalue weighted by Crippen LogP contribution is -2.38. The standard InChI is InChI=1S/C45H48N8.C29H30N4.C23H31N4/c1-2-46-20-21-52(35-46)33-44-10-6-7-11-45(44)34-53-27-26-51(38-53)32-43-18-16-42(17-19-43)31-50-25-24-49(37-50)30-41-14-12-40(13-15-41)29-48-23-22-47(36-48)28-39-8-4-3-5-9-39;1-25-7-9-27(10-8-25)20-31-17-18-33(24-31)22-29-13-11-28(12-14-29)21-32-16-15-30(23-32)19-26-5-3-2-4-6-26;1-3-22-11-7-8-12-23(22)19-27-18-17-26(21-27)14-10-6-5-9-13-25-16-15-24(4-2)20-25/h3-27,35-38H,2,28-34H2,1H3;2-18,23-24H,19-22H2,1H3;5-8,11-12,14-18,20-21H,3-4,9-10,13,19H2,1-2H3/q+4;+2;+1/b;;6-5-. The third-order valence-electron chi connectivity index (χ3n) is 20.7. The van der Waals surface area contributed by atoms with E-state index in [1.54, 1.807) is 0 Å². The van der Waals surface area contributed by atoms with Gasteiger partial charge in [0.1, 0.15) is 165 Å². The normalized spacial score (nSPS) is 11.3. The third kappa shape index (κ3) is 23.3. The minimum Gasteiger partial charge on any atom is -0.319 e. The molecule has 0 saturated carbocycles. The Balaban J connectivity index is 0.000000151. The summed E-state index contributed by atoms with van der Waals surface area (Å²) in [5, 5.41) is 0. The number of benzene rings is 8. The maximum absolute atomic E-state index is 2.27. The molecule has 8 aromatic heterocycles. The number of rotatable bonds is 33. The zero-order valence-electron chi connectivity index (χ0n) is 66.1. The van der Waals surface area contributed by atoms with Gasteiger partial charge in [0.2, 0.25) is 50.6 Å². The lowest BCUT2D eigenvalue weighted by atomic mass is 10.1. The van der Waals surface area contributed by atoms with Gasteiger partial charge in [-0.3, -0.25) is 0 Å². The molecule has 0 aliphatic rings. The Bertz CT molecular complexity index is 5540. The summed E-state index contributed by atoms with van der Waals surface area (Å²) in [5.41, 5.74) is 18.6. The molecule has 16 rings (SSSR count). The quantitative estimate of drug-likeness (QED) is 0.0223. The van der Waals surface area contributed by atoms with Crippen molar-refractivity contribution in [2.24, 2.45) is 0 Å². The first kappa shape index (κ1) is 76.8. The maximum atomic E-state index is 2.27. The van der Waals surface area contributed by atoms with Crippen LogP contribution in [0.15, 0.2) is 368 Å². The highest BCUT2D eigenvalue weighted by atomic mass is 15.2. The molecule has 0 bridgehead atoms. The fourth-order valence-corrected chi connectivity index (χ4v) is 14.4. The molecular formula is C97H109N16+7. The van der Waals surface area contributed by atoms with Gasteiger partial charge >= 0.3 is 0 Å². The Morgan fingerprint density at radius 1 is 0.310 bits per heavy atom. The first-order chi connectivity index (χ1) is 55.6. The third-order valence-corrected chi connectivity index (χ3v) is 20.7. The van der Waals surface area contributed by atoms with E-state index in [9.17, 15) is 0 Å². The highest BCUT2D eigenvalue weighted by molar-refractivity contribution is 5.29. The van der Waals surface area contributed by atoms with Crippen molar-refractivity contribution in [3.8, 4) is 0 Å². The van der Waals surface area contributed by atoms with Crippen molar-refractivity contribution in [2.75, 3.05) is 0 Å². The summed E-state index contributed by atoms with van der Waals surface area (Å²) in [4.78, 5) is 0. The summed E-state index contributed by atoms with van der Waals surface area (Å²) in [7, 11) is 0. The van der Waals surface area contributed by atoms with Crippen LogP contribution in [0.25, 0.3) is 0 Å². The van der Waals surface area contributed by atoms with Crippen LogP contribution in [-0.2, 0) is 105 Å². The highest BCUT2D eigenvalue weighted by Crippen LogP contribution is 2.15. The molecule has 113 heavy (non-hydrogen) atoms. The lowest BCUT2D eigenvalue weighted by molar-refractivity contribution is -0.765. The van der Waals surface area contributed by atoms with Crippen LogP contribution >= 0.6 is 0 Å². The molecule has 0 radical (unpaired) electrons. The number of nitrogens with zero attached hydrogens (tertiary/aromatic N) is 16. The van der Waals surface area contributed by atoms with E-state index in [0.717, 1.165) is 117 Å². The van der Waals surface area contributed by atoms with Gasteiger partial charge in [-0.2, -0.15) is 0 Å². The van der Waals surface area contributed by atoms with Gasteiger partial charge in [-0.05, 0) is 89.2 Å². The van der Waals surface area contributed by atoms with Crippen molar-refractivity contribution < 1.29 is 41.1 Å². The molecule has 570 valence electrons. The molecular weight excluding hydrogens is 1390 g/mol. The van der Waals surface area contributed by atoms with Crippen LogP contribution in [0.4, 0.5) is 0 Å². The van der Waals surface area contributed by atoms with Crippen LogP contribution in [0.5, 0.6) is 0 Å². The summed E-state index contributed by atoms with van der Waals surface area (Å²) in [6, 6.07) is 74.3. The molecule has 0 atom stereocenters. The van der Waals surface area contributed by atoms with Crippen molar-refractivity contribution in [1.82, 2.24) is 32.0 Å². The number of aromatic nitrogens is 16. The SMILES string of the molecule is CCc1ccccc1C[n+]1c[n+]([CH-]C/C=C\CC[n+]2ccn(CC)c2)c[cH-]1.CCn1cc[n+](Cc2ccccc2Cn2cc[n+](Cc3ccc(C[n+]4ccn(Cc5ccc(Cn6cc[n+](Cc7ccccc7)c6)cc5)c4)cc3)c2)c1.Cc1ccc(Cn2cc[n+](Cc3ccc(Cn4cc[n+](Cc5ccccc5)c4)cc3)c2)cc1. The topological polar surface area (TPSA) is 69.4 Å². The molecule has 0 aliphatic carbocycles. The van der Waals surface area contributed by atoms with Gasteiger partial charge in [-0.25, -0.2) is 63.9 Å². The van der Waals surface area contributed by atoms with E-state index in [1.165, 1.54) is 77.9 Å². The number of allylic oxidation sites excluding steroid dienone is 2. The second-order valence-corrected chi connectivity index (χ2v) is 29.7. The van der Waals surface area contributed by atoms with Gasteiger partial charge in [0.25, 0.3) is 0 Å². The van der Waals surface area contributed by atoms with Crippen LogP contribution in [0.3, 0.4) is 0 Å². The average Bonchev–Trinajstić information content (AvgIpc) is 1.75. The summed E-state index contributed by atoms with van der Waals surface area (Å²) < 4.78 is 35.7. The molecule has 16 heteroatoms. The van der Waals surface area contributed by atoms with Gasteiger partial charge in [0.15, 0.2) is 0 Å². The van der Waals surface area contributed by atoms with E-state index in [4.69, 9.17) is 0 Å². The number of aryl methyl sites for hydroxylation is 5. The van der Waals surface area contributed by atoms with Crippen molar-refractivity contribution in [1.29, 1.82) is 0 Å². The Hall–Kier alpha value is -13.0. The van der Waals surface area contributed by atoms with Gasteiger partial charge < -0.3 is 9.13 Å². The number of hydrogen-bond acceptors (Lipinski definition) is 0. The lowest BCUT2D eigenvalue weighted by Gasteiger charge is -2.06. The molecule has 16 aromatic rings. The van der Waals surface area contributed by atoms with Crippen LogP contribution in [0.1, 0.15) is 112 Å². The fourth-order valence-electron chi connectivity index (χ4n) is 14.4. The Morgan fingerprint density at radius 2 is 0.637 bits per heavy atom. The first-order valence-electron chi connectivity index (χ1n) is 40.0. The zero-order valence-corrected chi connectivity index (χ0v) is 66.1. The molecule has 0 aliphatic heterocycles. The summed E-state index contributed by atoms with van der Waals surface area (Å²) in [6.45, 7) is 24.4. The summed E-state index contributed by atoms with van der Waals surface area (Å²) in [6.07, 6.45) is 59.4. The minimum atomic E-state index is 0.845. The fraction of sp³-hybridized carbons (Fsp3) is 0.227. The highest BCUT2D eigenvalue weighted by Gasteiger charge is 2.16. The molecule has 0 fully saturated rings. The zero-order chi connectivity index (χ0) is 77.2. The van der Waals surface area contributed by atoms with Crippen molar-refractivity contribution in [3.63, 3.8) is 0 Å². The molecule has 0 amide bonds. The summed E-state index contributed by atoms with van der Waals surface area (Å²) in [5.74, 6) is 0. The minimum absolute atomic E-state index is 0.845.